The molecule has 3 aromatic carbocycles. The van der Waals surface area contributed by atoms with Gasteiger partial charge in [0.2, 0.25) is 0 Å². The van der Waals surface area contributed by atoms with E-state index in [1.54, 1.807) is 31.4 Å². The molecule has 0 saturated carbocycles. The highest BCUT2D eigenvalue weighted by Gasteiger charge is 2.22. The predicted molar refractivity (Wildman–Crippen MR) is 133 cm³/mol. The SMILES string of the molecule is COc1cc(C(NC(=O)c2ccccc2C)NC(=O)c2ccccc2C)ccc1OCC(C)C. The Morgan fingerprint density at radius 2 is 1.32 bits per heavy atom. The van der Waals surface area contributed by atoms with Crippen LogP contribution in [0, 0.1) is 19.8 Å². The van der Waals surface area contributed by atoms with Gasteiger partial charge in [-0.25, -0.2) is 0 Å². The molecule has 3 rings (SSSR count). The topological polar surface area (TPSA) is 76.7 Å². The first-order valence-electron chi connectivity index (χ1n) is 11.3. The summed E-state index contributed by atoms with van der Waals surface area (Å²) in [4.78, 5) is 26.2. The standard InChI is InChI=1S/C28H32N2O4/c1-18(2)17-34-24-15-14-21(16-25(24)33-5)26(29-27(31)22-12-8-6-10-19(22)3)30-28(32)23-13-9-7-11-20(23)4/h6-16,18,26H,17H2,1-5H3,(H,29,31)(H,30,32). The van der Waals surface area contributed by atoms with E-state index in [1.807, 2.05) is 56.3 Å². The molecule has 0 radical (unpaired) electrons. The van der Waals surface area contributed by atoms with Gasteiger partial charge in [-0.2, -0.15) is 0 Å². The Labute approximate surface area is 201 Å². The molecule has 3 aromatic rings. The summed E-state index contributed by atoms with van der Waals surface area (Å²) in [7, 11) is 1.56. The highest BCUT2D eigenvalue weighted by Crippen LogP contribution is 2.30. The van der Waals surface area contributed by atoms with Gasteiger partial charge in [-0.15, -0.1) is 0 Å². The van der Waals surface area contributed by atoms with Crippen molar-refractivity contribution in [2.75, 3.05) is 13.7 Å². The zero-order valence-corrected chi connectivity index (χ0v) is 20.3. The Balaban J connectivity index is 1.94. The van der Waals surface area contributed by atoms with Crippen LogP contribution in [-0.2, 0) is 0 Å². The van der Waals surface area contributed by atoms with Gasteiger partial charge in [-0.3, -0.25) is 9.59 Å². The molecule has 0 atom stereocenters. The monoisotopic (exact) mass is 460 g/mol. The van der Waals surface area contributed by atoms with Crippen LogP contribution < -0.4 is 20.1 Å². The number of ether oxygens (including phenoxy) is 2. The summed E-state index contributed by atoms with van der Waals surface area (Å²) in [6.07, 6.45) is -0.785. The molecule has 0 heterocycles. The Morgan fingerprint density at radius 3 is 1.79 bits per heavy atom. The number of hydrogen-bond donors (Lipinski definition) is 2. The van der Waals surface area contributed by atoms with Gasteiger partial charge in [0.25, 0.3) is 11.8 Å². The highest BCUT2D eigenvalue weighted by atomic mass is 16.5. The van der Waals surface area contributed by atoms with E-state index in [1.165, 1.54) is 0 Å². The number of amides is 2. The highest BCUT2D eigenvalue weighted by molar-refractivity contribution is 5.98. The van der Waals surface area contributed by atoms with Crippen LogP contribution in [0.2, 0.25) is 0 Å². The molecule has 0 aliphatic heterocycles. The largest absolute Gasteiger partial charge is 0.493 e. The number of rotatable bonds is 9. The summed E-state index contributed by atoms with van der Waals surface area (Å²) >= 11 is 0. The van der Waals surface area contributed by atoms with Crippen molar-refractivity contribution in [2.24, 2.45) is 5.92 Å². The molecule has 2 amide bonds. The van der Waals surface area contributed by atoms with Gasteiger partial charge in [0.15, 0.2) is 11.5 Å². The molecular formula is C28H32N2O4. The van der Waals surface area contributed by atoms with Crippen molar-refractivity contribution in [1.82, 2.24) is 10.6 Å². The normalized spacial score (nSPS) is 10.8. The second-order valence-corrected chi connectivity index (χ2v) is 8.62. The minimum atomic E-state index is -0.785. The van der Waals surface area contributed by atoms with Crippen molar-refractivity contribution in [3.05, 3.63) is 94.5 Å². The van der Waals surface area contributed by atoms with E-state index >= 15 is 0 Å². The van der Waals surface area contributed by atoms with E-state index in [0.29, 0.717) is 40.7 Å². The first kappa shape index (κ1) is 24.8. The summed E-state index contributed by atoms with van der Waals surface area (Å²) in [6, 6.07) is 20.0. The van der Waals surface area contributed by atoms with E-state index in [-0.39, 0.29) is 11.8 Å². The van der Waals surface area contributed by atoms with Crippen LogP contribution in [0.4, 0.5) is 0 Å². The van der Waals surface area contributed by atoms with E-state index in [4.69, 9.17) is 9.47 Å². The van der Waals surface area contributed by atoms with Crippen LogP contribution in [0.5, 0.6) is 11.5 Å². The molecule has 178 valence electrons. The second-order valence-electron chi connectivity index (χ2n) is 8.62. The summed E-state index contributed by atoms with van der Waals surface area (Å²) in [5.41, 5.74) is 3.44. The van der Waals surface area contributed by atoms with Gasteiger partial charge in [0.05, 0.1) is 13.7 Å². The van der Waals surface area contributed by atoms with Gasteiger partial charge >= 0.3 is 0 Å². The lowest BCUT2D eigenvalue weighted by Gasteiger charge is -2.23. The number of hydrogen-bond acceptors (Lipinski definition) is 4. The third kappa shape index (κ3) is 6.16. The zero-order valence-electron chi connectivity index (χ0n) is 20.3. The maximum absolute atomic E-state index is 13.1. The van der Waals surface area contributed by atoms with Gasteiger partial charge in [-0.1, -0.05) is 56.3 Å². The molecule has 6 nitrogen and oxygen atoms in total. The van der Waals surface area contributed by atoms with Gasteiger partial charge in [0, 0.05) is 11.1 Å². The molecular weight excluding hydrogens is 428 g/mol. The third-order valence-corrected chi connectivity index (χ3v) is 5.42. The summed E-state index contributed by atoms with van der Waals surface area (Å²) in [5.74, 6) is 0.922. The van der Waals surface area contributed by atoms with Gasteiger partial charge < -0.3 is 20.1 Å². The molecule has 0 aliphatic rings. The van der Waals surface area contributed by atoms with E-state index in [2.05, 4.69) is 24.5 Å². The fourth-order valence-corrected chi connectivity index (χ4v) is 3.52. The van der Waals surface area contributed by atoms with Crippen LogP contribution in [0.25, 0.3) is 0 Å². The first-order chi connectivity index (χ1) is 16.3. The van der Waals surface area contributed by atoms with Crippen LogP contribution in [0.15, 0.2) is 66.7 Å². The average Bonchev–Trinajstić information content (AvgIpc) is 2.82. The maximum atomic E-state index is 13.1. The van der Waals surface area contributed by atoms with E-state index < -0.39 is 6.17 Å². The quantitative estimate of drug-likeness (QED) is 0.430. The average molecular weight is 461 g/mol. The fourth-order valence-electron chi connectivity index (χ4n) is 3.52. The lowest BCUT2D eigenvalue weighted by molar-refractivity contribution is 0.0882. The van der Waals surface area contributed by atoms with Crippen molar-refractivity contribution < 1.29 is 19.1 Å². The van der Waals surface area contributed by atoms with Crippen molar-refractivity contribution in [1.29, 1.82) is 0 Å². The minimum absolute atomic E-state index is 0.285. The van der Waals surface area contributed by atoms with Crippen LogP contribution >= 0.6 is 0 Å². The maximum Gasteiger partial charge on any atom is 0.253 e. The molecule has 0 unspecified atom stereocenters. The minimum Gasteiger partial charge on any atom is -0.493 e. The van der Waals surface area contributed by atoms with Crippen LogP contribution in [-0.4, -0.2) is 25.5 Å². The van der Waals surface area contributed by atoms with Gasteiger partial charge in [0.1, 0.15) is 6.17 Å². The molecule has 0 fully saturated rings. The van der Waals surface area contributed by atoms with E-state index in [9.17, 15) is 9.59 Å². The predicted octanol–water partition coefficient (Wildman–Crippen LogP) is 5.21. The Kier molecular flexibility index (Phi) is 8.30. The molecule has 6 heteroatoms. The second kappa shape index (κ2) is 11.4. The van der Waals surface area contributed by atoms with Gasteiger partial charge in [-0.05, 0) is 60.7 Å². The number of carbonyl (C=O) groups excluding carboxylic acids is 2. The van der Waals surface area contributed by atoms with Crippen LogP contribution in [0.3, 0.4) is 0 Å². The summed E-state index contributed by atoms with van der Waals surface area (Å²) in [5, 5.41) is 5.93. The molecule has 0 bridgehead atoms. The van der Waals surface area contributed by atoms with Crippen molar-refractivity contribution in [3.8, 4) is 11.5 Å². The molecule has 34 heavy (non-hydrogen) atoms. The molecule has 2 N–H and O–H groups in total. The number of nitrogens with one attached hydrogen (secondary N) is 2. The van der Waals surface area contributed by atoms with Crippen molar-refractivity contribution in [2.45, 2.75) is 33.9 Å². The molecule has 0 aliphatic carbocycles. The van der Waals surface area contributed by atoms with E-state index in [0.717, 1.165) is 11.1 Å². The number of methoxy groups -OCH3 is 1. The zero-order chi connectivity index (χ0) is 24.7. The smallest absolute Gasteiger partial charge is 0.253 e. The lowest BCUT2D eigenvalue weighted by Crippen LogP contribution is -2.41. The third-order valence-electron chi connectivity index (χ3n) is 5.42. The number of carbonyl (C=O) groups is 2. The first-order valence-corrected chi connectivity index (χ1v) is 11.3. The Morgan fingerprint density at radius 1 is 0.794 bits per heavy atom. The molecule has 0 saturated heterocycles. The van der Waals surface area contributed by atoms with Crippen molar-refractivity contribution in [3.63, 3.8) is 0 Å². The fraction of sp³-hybridized carbons (Fsp3) is 0.286. The number of benzene rings is 3. The Bertz CT molecular complexity index is 1100. The van der Waals surface area contributed by atoms with Crippen LogP contribution in [0.1, 0.15) is 57.4 Å². The number of aryl methyl sites for hydroxylation is 2. The Hall–Kier alpha value is -3.80. The molecule has 0 aromatic heterocycles. The summed E-state index contributed by atoms with van der Waals surface area (Å²) in [6.45, 7) is 8.44. The summed E-state index contributed by atoms with van der Waals surface area (Å²) < 4.78 is 11.4. The lowest BCUT2D eigenvalue weighted by atomic mass is 10.1. The van der Waals surface area contributed by atoms with Crippen molar-refractivity contribution >= 4 is 11.8 Å². The molecule has 0 spiro atoms.